The second-order valence-corrected chi connectivity index (χ2v) is 7.59. The highest BCUT2D eigenvalue weighted by molar-refractivity contribution is 6.42. The average molecular weight is 424 g/mol. The predicted molar refractivity (Wildman–Crippen MR) is 110 cm³/mol. The maximum Gasteiger partial charge on any atom is 0.306 e. The zero-order valence-electron chi connectivity index (χ0n) is 15.8. The fraction of sp³-hybridized carbons (Fsp3) is 0.381. The van der Waals surface area contributed by atoms with Gasteiger partial charge in [-0.2, -0.15) is 0 Å². The molecule has 5 nitrogen and oxygen atoms in total. The lowest BCUT2D eigenvalue weighted by Gasteiger charge is -2.38. The number of halogens is 2. The number of hydrogen-bond donors (Lipinski definition) is 1. The van der Waals surface area contributed by atoms with E-state index in [-0.39, 0.29) is 12.0 Å². The third kappa shape index (κ3) is 4.22. The van der Waals surface area contributed by atoms with Crippen LogP contribution < -0.4 is 9.47 Å². The van der Waals surface area contributed by atoms with Gasteiger partial charge in [-0.05, 0) is 49.7 Å². The number of likely N-dealkylation sites (tertiary alicyclic amines) is 1. The minimum absolute atomic E-state index is 0.207. The van der Waals surface area contributed by atoms with E-state index in [1.54, 1.807) is 20.3 Å². The molecule has 0 amide bonds. The number of carboxylic acid groups (broad SMARTS) is 1. The Bertz CT molecular complexity index is 850. The highest BCUT2D eigenvalue weighted by Crippen LogP contribution is 2.42. The Morgan fingerprint density at radius 3 is 2.43 bits per heavy atom. The predicted octanol–water partition coefficient (Wildman–Crippen LogP) is 4.90. The van der Waals surface area contributed by atoms with Crippen molar-refractivity contribution in [1.29, 1.82) is 0 Å². The van der Waals surface area contributed by atoms with Crippen LogP contribution in [0.1, 0.15) is 30.0 Å². The molecule has 0 bridgehead atoms. The first-order valence-corrected chi connectivity index (χ1v) is 9.84. The van der Waals surface area contributed by atoms with Gasteiger partial charge in [0.1, 0.15) is 11.5 Å². The Morgan fingerprint density at radius 1 is 1.11 bits per heavy atom. The van der Waals surface area contributed by atoms with Gasteiger partial charge in [-0.15, -0.1) is 0 Å². The van der Waals surface area contributed by atoms with Gasteiger partial charge < -0.3 is 14.6 Å². The van der Waals surface area contributed by atoms with Gasteiger partial charge in [-0.3, -0.25) is 9.69 Å². The van der Waals surface area contributed by atoms with E-state index in [0.29, 0.717) is 47.5 Å². The number of hydrogen-bond acceptors (Lipinski definition) is 4. The molecule has 1 atom stereocenters. The largest absolute Gasteiger partial charge is 0.497 e. The van der Waals surface area contributed by atoms with Crippen LogP contribution >= 0.6 is 23.2 Å². The van der Waals surface area contributed by atoms with Crippen molar-refractivity contribution in [2.75, 3.05) is 27.3 Å². The van der Waals surface area contributed by atoms with Gasteiger partial charge >= 0.3 is 5.97 Å². The van der Waals surface area contributed by atoms with Crippen LogP contribution in [-0.2, 0) is 4.79 Å². The summed E-state index contributed by atoms with van der Waals surface area (Å²) in [5, 5.41) is 10.3. The smallest absolute Gasteiger partial charge is 0.306 e. The Morgan fingerprint density at radius 2 is 1.82 bits per heavy atom. The quantitative estimate of drug-likeness (QED) is 0.715. The molecule has 28 heavy (non-hydrogen) atoms. The third-order valence-electron chi connectivity index (χ3n) is 5.26. The lowest BCUT2D eigenvalue weighted by molar-refractivity contribution is -0.143. The van der Waals surface area contributed by atoms with Crippen molar-refractivity contribution in [1.82, 2.24) is 4.90 Å². The van der Waals surface area contributed by atoms with Crippen molar-refractivity contribution in [3.8, 4) is 11.5 Å². The zero-order chi connectivity index (χ0) is 20.3. The summed E-state index contributed by atoms with van der Waals surface area (Å²) in [7, 11) is 3.22. The molecule has 7 heteroatoms. The molecule has 1 saturated heterocycles. The first kappa shape index (κ1) is 20.8. The van der Waals surface area contributed by atoms with Crippen molar-refractivity contribution in [2.45, 2.75) is 18.9 Å². The molecule has 2 aromatic carbocycles. The van der Waals surface area contributed by atoms with E-state index in [9.17, 15) is 9.90 Å². The summed E-state index contributed by atoms with van der Waals surface area (Å²) < 4.78 is 11.0. The van der Waals surface area contributed by atoms with Crippen LogP contribution in [0.25, 0.3) is 0 Å². The average Bonchev–Trinajstić information content (AvgIpc) is 2.71. The fourth-order valence-corrected chi connectivity index (χ4v) is 4.15. The monoisotopic (exact) mass is 423 g/mol. The molecule has 0 saturated carbocycles. The minimum atomic E-state index is -0.737. The Kier molecular flexibility index (Phi) is 6.70. The van der Waals surface area contributed by atoms with Crippen molar-refractivity contribution in [3.63, 3.8) is 0 Å². The summed E-state index contributed by atoms with van der Waals surface area (Å²) in [5.41, 5.74) is 1.80. The first-order valence-electron chi connectivity index (χ1n) is 9.09. The lowest BCUT2D eigenvalue weighted by Crippen LogP contribution is -2.39. The molecular formula is C21H23Cl2NO4. The van der Waals surface area contributed by atoms with E-state index in [1.165, 1.54) is 0 Å². The normalized spacial score (nSPS) is 16.6. The zero-order valence-corrected chi connectivity index (χ0v) is 17.3. The van der Waals surface area contributed by atoms with Crippen LogP contribution in [0.3, 0.4) is 0 Å². The summed E-state index contributed by atoms with van der Waals surface area (Å²) in [5.74, 6) is 0.324. The SMILES string of the molecule is COc1ccc(C(c2cccc(Cl)c2Cl)N2CCC(C(=O)O)CC2)c(OC)c1. The van der Waals surface area contributed by atoms with Crippen LogP contribution in [0.2, 0.25) is 10.0 Å². The number of nitrogens with zero attached hydrogens (tertiary/aromatic N) is 1. The van der Waals surface area contributed by atoms with Gasteiger partial charge in [0.2, 0.25) is 0 Å². The molecule has 0 spiro atoms. The molecule has 1 aliphatic heterocycles. The molecule has 1 N–H and O–H groups in total. The van der Waals surface area contributed by atoms with E-state index in [2.05, 4.69) is 4.90 Å². The number of carbonyl (C=O) groups is 1. The van der Waals surface area contributed by atoms with Crippen LogP contribution in [0.5, 0.6) is 11.5 Å². The number of carboxylic acids is 1. The first-order chi connectivity index (χ1) is 13.5. The van der Waals surface area contributed by atoms with E-state index in [4.69, 9.17) is 32.7 Å². The molecule has 1 fully saturated rings. The van der Waals surface area contributed by atoms with Crippen molar-refractivity contribution in [3.05, 3.63) is 57.6 Å². The fourth-order valence-electron chi connectivity index (χ4n) is 3.74. The van der Waals surface area contributed by atoms with E-state index in [0.717, 1.165) is 11.1 Å². The maximum absolute atomic E-state index is 11.3. The third-order valence-corrected chi connectivity index (χ3v) is 6.09. The van der Waals surface area contributed by atoms with Gasteiger partial charge in [-0.1, -0.05) is 35.3 Å². The lowest BCUT2D eigenvalue weighted by atomic mass is 9.91. The summed E-state index contributed by atoms with van der Waals surface area (Å²) in [6, 6.07) is 11.1. The van der Waals surface area contributed by atoms with Crippen molar-refractivity contribution >= 4 is 29.2 Å². The number of rotatable bonds is 6. The molecule has 1 heterocycles. The van der Waals surface area contributed by atoms with Crippen LogP contribution in [0.15, 0.2) is 36.4 Å². The van der Waals surface area contributed by atoms with Gasteiger partial charge in [-0.25, -0.2) is 0 Å². The van der Waals surface area contributed by atoms with Crippen LogP contribution in [0, 0.1) is 5.92 Å². The van der Waals surface area contributed by atoms with E-state index >= 15 is 0 Å². The van der Waals surface area contributed by atoms with E-state index in [1.807, 2.05) is 30.3 Å². The van der Waals surface area contributed by atoms with Gasteiger partial charge in [0.05, 0.1) is 36.2 Å². The topological polar surface area (TPSA) is 59.0 Å². The number of benzene rings is 2. The molecule has 150 valence electrons. The van der Waals surface area contributed by atoms with Gasteiger partial charge in [0.25, 0.3) is 0 Å². The Balaban J connectivity index is 2.06. The number of ether oxygens (including phenoxy) is 2. The second kappa shape index (κ2) is 9.03. The highest BCUT2D eigenvalue weighted by Gasteiger charge is 2.33. The van der Waals surface area contributed by atoms with Gasteiger partial charge in [0, 0.05) is 11.6 Å². The Hall–Kier alpha value is -1.95. The summed E-state index contributed by atoms with van der Waals surface area (Å²) in [6.07, 6.45) is 1.17. The summed E-state index contributed by atoms with van der Waals surface area (Å²) >= 11 is 12.9. The molecule has 2 aromatic rings. The van der Waals surface area contributed by atoms with Crippen LogP contribution in [0.4, 0.5) is 0 Å². The van der Waals surface area contributed by atoms with Crippen molar-refractivity contribution in [2.24, 2.45) is 5.92 Å². The van der Waals surface area contributed by atoms with Crippen molar-refractivity contribution < 1.29 is 19.4 Å². The van der Waals surface area contributed by atoms with E-state index < -0.39 is 5.97 Å². The molecule has 1 aliphatic rings. The maximum atomic E-state index is 11.3. The summed E-state index contributed by atoms with van der Waals surface area (Å²) in [4.78, 5) is 13.6. The molecule has 0 aliphatic carbocycles. The Labute approximate surface area is 174 Å². The van der Waals surface area contributed by atoms with Gasteiger partial charge in [0.15, 0.2) is 0 Å². The number of piperidine rings is 1. The van der Waals surface area contributed by atoms with Crippen LogP contribution in [-0.4, -0.2) is 43.3 Å². The molecule has 0 radical (unpaired) electrons. The second-order valence-electron chi connectivity index (χ2n) is 6.80. The molecule has 1 unspecified atom stereocenters. The minimum Gasteiger partial charge on any atom is -0.497 e. The molecule has 3 rings (SSSR count). The number of aliphatic carboxylic acids is 1. The molecule has 0 aromatic heterocycles. The summed E-state index contributed by atoms with van der Waals surface area (Å²) in [6.45, 7) is 1.28. The highest BCUT2D eigenvalue weighted by atomic mass is 35.5. The number of methoxy groups -OCH3 is 2. The standard InChI is InChI=1S/C21H23Cl2NO4/c1-27-14-6-7-15(18(12-14)28-2)20(16-4-3-5-17(22)19(16)23)24-10-8-13(9-11-24)21(25)26/h3-7,12-13,20H,8-11H2,1-2H3,(H,25,26). The molecular weight excluding hydrogens is 401 g/mol.